The molecule has 0 spiro atoms. The Morgan fingerprint density at radius 1 is 1.62 bits per heavy atom. The van der Waals surface area contributed by atoms with Gasteiger partial charge in [0.15, 0.2) is 5.52 Å². The molecule has 0 saturated heterocycles. The number of aromatic hydroxyl groups is 1. The van der Waals surface area contributed by atoms with Crippen molar-refractivity contribution in [1.29, 1.82) is 0 Å². The smallest absolute Gasteiger partial charge is 0.356 e. The maximum Gasteiger partial charge on any atom is 0.356 e. The van der Waals surface area contributed by atoms with Crippen LogP contribution in [0.1, 0.15) is 0 Å². The summed E-state index contributed by atoms with van der Waals surface area (Å²) < 4.78 is 6.02. The molecule has 0 saturated carbocycles. The first-order valence-electron chi connectivity index (χ1n) is 4.29. The number of methoxy groups -OCH3 is 1. The molecule has 0 amide bonds. The Balaban J connectivity index is 2.93. The normalized spacial score (nSPS) is 10.6. The molecule has 0 unspecified atom stereocenters. The van der Waals surface area contributed by atoms with Crippen LogP contribution in [0.2, 0.25) is 0 Å². The maximum atomic E-state index is 10.9. The number of aryl methyl sites for hydroxylation is 1. The highest BCUT2D eigenvalue weighted by Gasteiger charge is 2.26. The summed E-state index contributed by atoms with van der Waals surface area (Å²) in [6, 6.07) is 0. The van der Waals surface area contributed by atoms with E-state index in [-0.39, 0.29) is 28.4 Å². The van der Waals surface area contributed by atoms with E-state index in [0.717, 1.165) is 0 Å². The van der Waals surface area contributed by atoms with Crippen molar-refractivity contribution in [2.75, 3.05) is 7.11 Å². The van der Waals surface area contributed by atoms with Crippen molar-refractivity contribution in [2.24, 2.45) is 7.05 Å². The highest BCUT2D eigenvalue weighted by atomic mass is 16.6. The standard InChI is InChI=1S/C8H8N4O4/c1-11-5-4(7(13)10-11)3-9-8(16-2)6(5)12(14)15/h3H,1-2H3,(H,10,13). The Morgan fingerprint density at radius 2 is 2.31 bits per heavy atom. The van der Waals surface area contributed by atoms with Crippen molar-refractivity contribution in [2.45, 2.75) is 0 Å². The van der Waals surface area contributed by atoms with Crippen molar-refractivity contribution in [3.63, 3.8) is 0 Å². The Hall–Kier alpha value is -2.38. The molecule has 8 nitrogen and oxygen atoms in total. The zero-order valence-corrected chi connectivity index (χ0v) is 8.54. The highest BCUT2D eigenvalue weighted by Crippen LogP contribution is 2.35. The molecule has 0 aliphatic heterocycles. The first-order chi connectivity index (χ1) is 7.56. The summed E-state index contributed by atoms with van der Waals surface area (Å²) >= 11 is 0. The van der Waals surface area contributed by atoms with E-state index in [0.29, 0.717) is 0 Å². The van der Waals surface area contributed by atoms with Gasteiger partial charge in [-0.3, -0.25) is 14.8 Å². The second kappa shape index (κ2) is 3.33. The van der Waals surface area contributed by atoms with Crippen molar-refractivity contribution in [1.82, 2.24) is 14.8 Å². The first kappa shape index (κ1) is 10.1. The van der Waals surface area contributed by atoms with Crippen LogP contribution in [0.5, 0.6) is 11.8 Å². The quantitative estimate of drug-likeness (QED) is 0.591. The fourth-order valence-corrected chi connectivity index (χ4v) is 1.53. The third kappa shape index (κ3) is 1.23. The molecule has 0 aliphatic rings. The van der Waals surface area contributed by atoms with E-state index in [2.05, 4.69) is 10.1 Å². The van der Waals surface area contributed by atoms with E-state index < -0.39 is 4.92 Å². The van der Waals surface area contributed by atoms with Crippen molar-refractivity contribution in [3.8, 4) is 11.8 Å². The Labute approximate surface area is 89.2 Å². The second-order valence-corrected chi connectivity index (χ2v) is 3.08. The molecule has 1 N–H and O–H groups in total. The molecule has 0 atom stereocenters. The van der Waals surface area contributed by atoms with E-state index in [9.17, 15) is 15.2 Å². The lowest BCUT2D eigenvalue weighted by atomic mass is 10.3. The molecule has 0 aromatic carbocycles. The van der Waals surface area contributed by atoms with Crippen LogP contribution in [0.3, 0.4) is 0 Å². The van der Waals surface area contributed by atoms with Gasteiger partial charge in [-0.05, 0) is 0 Å². The van der Waals surface area contributed by atoms with E-state index in [4.69, 9.17) is 4.74 Å². The number of nitrogens with zero attached hydrogens (tertiary/aromatic N) is 4. The predicted molar refractivity (Wildman–Crippen MR) is 53.4 cm³/mol. The van der Waals surface area contributed by atoms with Gasteiger partial charge in [0.25, 0.3) is 5.88 Å². The van der Waals surface area contributed by atoms with E-state index in [1.54, 1.807) is 0 Å². The molecule has 2 aromatic rings. The zero-order chi connectivity index (χ0) is 11.9. The zero-order valence-electron chi connectivity index (χ0n) is 8.54. The SMILES string of the molecule is COc1ncc2c(O)nn(C)c2c1[N+](=O)[O-]. The molecule has 2 aromatic heterocycles. The van der Waals surface area contributed by atoms with Crippen LogP contribution < -0.4 is 4.74 Å². The molecule has 0 aliphatic carbocycles. The van der Waals surface area contributed by atoms with Crippen LogP contribution in [-0.4, -0.2) is 31.9 Å². The van der Waals surface area contributed by atoms with E-state index >= 15 is 0 Å². The van der Waals surface area contributed by atoms with Crippen LogP contribution in [0.25, 0.3) is 10.9 Å². The van der Waals surface area contributed by atoms with Gasteiger partial charge >= 0.3 is 5.69 Å². The van der Waals surface area contributed by atoms with Gasteiger partial charge in [-0.2, -0.15) is 0 Å². The first-order valence-corrected chi connectivity index (χ1v) is 4.29. The monoisotopic (exact) mass is 224 g/mol. The van der Waals surface area contributed by atoms with Crippen LogP contribution in [0.4, 0.5) is 5.69 Å². The lowest BCUT2D eigenvalue weighted by molar-refractivity contribution is -0.384. The number of hydrogen-bond donors (Lipinski definition) is 1. The van der Waals surface area contributed by atoms with Gasteiger partial charge in [0.05, 0.1) is 17.4 Å². The molecule has 0 radical (unpaired) electrons. The summed E-state index contributed by atoms with van der Waals surface area (Å²) in [7, 11) is 2.78. The Morgan fingerprint density at radius 3 is 2.88 bits per heavy atom. The molecular weight excluding hydrogens is 216 g/mol. The molecule has 0 bridgehead atoms. The summed E-state index contributed by atoms with van der Waals surface area (Å²) in [6.45, 7) is 0. The second-order valence-electron chi connectivity index (χ2n) is 3.08. The fraction of sp³-hybridized carbons (Fsp3) is 0.250. The summed E-state index contributed by atoms with van der Waals surface area (Å²) in [5, 5.41) is 24.2. The average molecular weight is 224 g/mol. The molecular formula is C8H8N4O4. The minimum absolute atomic E-state index is 0.111. The van der Waals surface area contributed by atoms with Gasteiger partial charge in [-0.1, -0.05) is 0 Å². The fourth-order valence-electron chi connectivity index (χ4n) is 1.53. The third-order valence-electron chi connectivity index (χ3n) is 2.18. The molecule has 84 valence electrons. The van der Waals surface area contributed by atoms with Gasteiger partial charge in [-0.15, -0.1) is 5.10 Å². The Bertz CT molecular complexity index is 577. The third-order valence-corrected chi connectivity index (χ3v) is 2.18. The molecule has 8 heteroatoms. The number of aromatic nitrogens is 3. The van der Waals surface area contributed by atoms with Gasteiger partial charge in [0.2, 0.25) is 5.88 Å². The number of pyridine rings is 1. The lowest BCUT2D eigenvalue weighted by Crippen LogP contribution is -2.00. The topological polar surface area (TPSA) is 103 Å². The van der Waals surface area contributed by atoms with Crippen LogP contribution in [-0.2, 0) is 7.05 Å². The largest absolute Gasteiger partial charge is 0.492 e. The van der Waals surface area contributed by atoms with Crippen molar-refractivity contribution in [3.05, 3.63) is 16.3 Å². The molecule has 2 rings (SSSR count). The molecule has 0 fully saturated rings. The minimum Gasteiger partial charge on any atom is -0.492 e. The van der Waals surface area contributed by atoms with E-state index in [1.807, 2.05) is 0 Å². The summed E-state index contributed by atoms with van der Waals surface area (Å²) in [5.74, 6) is -0.406. The van der Waals surface area contributed by atoms with Gasteiger partial charge in [-0.25, -0.2) is 4.98 Å². The summed E-state index contributed by atoms with van der Waals surface area (Å²) in [6.07, 6.45) is 1.28. The minimum atomic E-state index is -0.616. The number of ether oxygens (including phenoxy) is 1. The molecule has 16 heavy (non-hydrogen) atoms. The summed E-state index contributed by atoms with van der Waals surface area (Å²) in [4.78, 5) is 14.0. The average Bonchev–Trinajstić information content (AvgIpc) is 2.53. The van der Waals surface area contributed by atoms with Crippen LogP contribution in [0.15, 0.2) is 6.20 Å². The summed E-state index contributed by atoms with van der Waals surface area (Å²) in [5.41, 5.74) is -0.135. The van der Waals surface area contributed by atoms with Crippen molar-refractivity contribution >= 4 is 16.6 Å². The van der Waals surface area contributed by atoms with Crippen LogP contribution >= 0.6 is 0 Å². The van der Waals surface area contributed by atoms with E-state index in [1.165, 1.54) is 25.0 Å². The number of fused-ring (bicyclic) bond motifs is 1. The van der Waals surface area contributed by atoms with Gasteiger partial charge in [0.1, 0.15) is 0 Å². The predicted octanol–water partition coefficient (Wildman–Crippen LogP) is 0.591. The lowest BCUT2D eigenvalue weighted by Gasteiger charge is -2.01. The van der Waals surface area contributed by atoms with Gasteiger partial charge in [0, 0.05) is 13.2 Å². The molecule has 2 heterocycles. The number of rotatable bonds is 2. The maximum absolute atomic E-state index is 10.9. The van der Waals surface area contributed by atoms with Gasteiger partial charge < -0.3 is 9.84 Å². The number of hydrogen-bond acceptors (Lipinski definition) is 6. The van der Waals surface area contributed by atoms with Crippen LogP contribution in [0, 0.1) is 10.1 Å². The van der Waals surface area contributed by atoms with Crippen molar-refractivity contribution < 1.29 is 14.8 Å². The number of nitro groups is 1. The highest BCUT2D eigenvalue weighted by molar-refractivity contribution is 5.92. The Kier molecular flexibility index (Phi) is 2.11.